The fourth-order valence-corrected chi connectivity index (χ4v) is 3.78. The fourth-order valence-electron chi connectivity index (χ4n) is 3.78. The lowest BCUT2D eigenvalue weighted by molar-refractivity contribution is 0.0960. The molecule has 0 bridgehead atoms. The minimum Gasteiger partial charge on any atom is -0.469 e. The number of Topliss-reactive ketones (excluding diaryl/α,β-unsaturated/α-hetero) is 1. The number of pyridine rings is 1. The third-order valence-electron chi connectivity index (χ3n) is 5.02. The predicted molar refractivity (Wildman–Crippen MR) is 98.9 cm³/mol. The van der Waals surface area contributed by atoms with E-state index in [1.54, 1.807) is 19.3 Å². The van der Waals surface area contributed by atoms with E-state index in [0.717, 1.165) is 4.68 Å². The van der Waals surface area contributed by atoms with Gasteiger partial charge in [-0.2, -0.15) is 4.68 Å². The van der Waals surface area contributed by atoms with Crippen molar-refractivity contribution in [2.45, 2.75) is 25.7 Å². The van der Waals surface area contributed by atoms with Gasteiger partial charge in [0.25, 0.3) is 11.1 Å². The quantitative estimate of drug-likeness (QED) is 0.546. The molecular weight excluding hydrogens is 362 g/mol. The number of nitrogens with one attached hydrogen (secondary N) is 2. The molecule has 0 saturated carbocycles. The topological polar surface area (TPSA) is 127 Å². The minimum absolute atomic E-state index is 0.0754. The van der Waals surface area contributed by atoms with Crippen LogP contribution in [0.5, 0.6) is 0 Å². The molecule has 2 N–H and O–H groups in total. The van der Waals surface area contributed by atoms with Crippen molar-refractivity contribution < 1.29 is 9.21 Å². The lowest BCUT2D eigenvalue weighted by Crippen LogP contribution is -2.23. The number of carbonyl (C=O) groups is 1. The van der Waals surface area contributed by atoms with Crippen molar-refractivity contribution in [1.29, 1.82) is 0 Å². The van der Waals surface area contributed by atoms with E-state index in [-0.39, 0.29) is 23.2 Å². The number of aryl methyl sites for hydroxylation is 1. The summed E-state index contributed by atoms with van der Waals surface area (Å²) in [5.74, 6) is 0.572. The van der Waals surface area contributed by atoms with E-state index < -0.39 is 5.56 Å². The Balaban J connectivity index is 1.72. The molecule has 5 rings (SSSR count). The monoisotopic (exact) mass is 377 g/mol. The molecule has 1 aliphatic carbocycles. The Hall–Kier alpha value is -3.75. The summed E-state index contributed by atoms with van der Waals surface area (Å²) >= 11 is 0. The van der Waals surface area contributed by atoms with Gasteiger partial charge in [-0.05, 0) is 31.0 Å². The summed E-state index contributed by atoms with van der Waals surface area (Å²) in [4.78, 5) is 48.5. The standard InChI is InChI=1S/C19H15N5O4/c1-9-5-15(26)22-19(21-9)24-18(27)16-11-6-10(14-3-2-4-28-14)7-13(25)12(11)8-20-17(16)23-24/h2-5,8,10H,6-7H2,1H3,(H,20,23)(H,21,22,26)/t10-/m0/s1. The summed E-state index contributed by atoms with van der Waals surface area (Å²) in [6.45, 7) is 1.67. The highest BCUT2D eigenvalue weighted by Gasteiger charge is 2.31. The number of ketones is 1. The summed E-state index contributed by atoms with van der Waals surface area (Å²) in [6, 6.07) is 4.95. The number of rotatable bonds is 2. The SMILES string of the molecule is Cc1cc(=O)[nH]c(-n2[nH]c3ncc4c(c3c2=O)C[C@H](c2ccco2)CC4=O)n1. The molecule has 0 unspecified atom stereocenters. The highest BCUT2D eigenvalue weighted by Crippen LogP contribution is 2.34. The van der Waals surface area contributed by atoms with E-state index in [1.165, 1.54) is 12.3 Å². The summed E-state index contributed by atoms with van der Waals surface area (Å²) in [5, 5.41) is 3.20. The predicted octanol–water partition coefficient (Wildman–Crippen LogP) is 1.61. The molecule has 4 heterocycles. The second kappa shape index (κ2) is 5.88. The second-order valence-corrected chi connectivity index (χ2v) is 6.88. The molecule has 0 aliphatic heterocycles. The van der Waals surface area contributed by atoms with Crippen LogP contribution in [0, 0.1) is 6.92 Å². The van der Waals surface area contributed by atoms with Crippen molar-refractivity contribution >= 4 is 16.8 Å². The van der Waals surface area contributed by atoms with Gasteiger partial charge in [-0.3, -0.25) is 24.5 Å². The third kappa shape index (κ3) is 2.43. The number of fused-ring (bicyclic) bond motifs is 3. The number of nitrogens with zero attached hydrogens (tertiary/aromatic N) is 3. The Kier molecular flexibility index (Phi) is 3.45. The number of H-pyrrole nitrogens is 2. The third-order valence-corrected chi connectivity index (χ3v) is 5.02. The van der Waals surface area contributed by atoms with Gasteiger partial charge >= 0.3 is 0 Å². The Morgan fingerprint density at radius 1 is 1.25 bits per heavy atom. The number of hydrogen-bond acceptors (Lipinski definition) is 6. The van der Waals surface area contributed by atoms with Crippen LogP contribution in [-0.2, 0) is 6.42 Å². The molecule has 9 heteroatoms. The second-order valence-electron chi connectivity index (χ2n) is 6.88. The van der Waals surface area contributed by atoms with E-state index in [9.17, 15) is 14.4 Å². The first-order valence-electron chi connectivity index (χ1n) is 8.79. The van der Waals surface area contributed by atoms with E-state index in [0.29, 0.717) is 46.5 Å². The molecule has 1 atom stereocenters. The molecule has 0 radical (unpaired) electrons. The molecule has 9 nitrogen and oxygen atoms in total. The van der Waals surface area contributed by atoms with Gasteiger partial charge in [-0.15, -0.1) is 0 Å². The van der Waals surface area contributed by atoms with E-state index in [1.807, 2.05) is 6.07 Å². The van der Waals surface area contributed by atoms with Gasteiger partial charge < -0.3 is 4.42 Å². The van der Waals surface area contributed by atoms with Gasteiger partial charge in [0.05, 0.1) is 11.6 Å². The Morgan fingerprint density at radius 2 is 2.11 bits per heavy atom. The number of furan rings is 1. The van der Waals surface area contributed by atoms with Crippen molar-refractivity contribution in [3.63, 3.8) is 0 Å². The average molecular weight is 377 g/mol. The van der Waals surface area contributed by atoms with Crippen LogP contribution in [0.2, 0.25) is 0 Å². The van der Waals surface area contributed by atoms with Gasteiger partial charge in [-0.1, -0.05) is 0 Å². The lowest BCUT2D eigenvalue weighted by atomic mass is 9.81. The highest BCUT2D eigenvalue weighted by molar-refractivity contribution is 6.02. The molecular formula is C19H15N5O4. The van der Waals surface area contributed by atoms with Crippen LogP contribution >= 0.6 is 0 Å². The number of carbonyl (C=O) groups excluding carboxylic acids is 1. The number of aromatic nitrogens is 5. The molecule has 0 aromatic carbocycles. The smallest absolute Gasteiger partial charge is 0.283 e. The van der Waals surface area contributed by atoms with Crippen LogP contribution < -0.4 is 11.1 Å². The first kappa shape index (κ1) is 16.4. The van der Waals surface area contributed by atoms with Crippen molar-refractivity contribution in [3.8, 4) is 5.95 Å². The van der Waals surface area contributed by atoms with Crippen LogP contribution in [0.4, 0.5) is 0 Å². The van der Waals surface area contributed by atoms with Crippen molar-refractivity contribution in [2.24, 2.45) is 0 Å². The molecule has 28 heavy (non-hydrogen) atoms. The van der Waals surface area contributed by atoms with Gasteiger partial charge in [0.2, 0.25) is 5.95 Å². The van der Waals surface area contributed by atoms with Gasteiger partial charge in [0.1, 0.15) is 5.76 Å². The Bertz CT molecular complexity index is 1340. The fraction of sp³-hybridized carbons (Fsp3) is 0.211. The zero-order valence-electron chi connectivity index (χ0n) is 14.9. The first-order chi connectivity index (χ1) is 13.5. The normalized spacial score (nSPS) is 16.5. The molecule has 4 aromatic heterocycles. The van der Waals surface area contributed by atoms with Crippen LogP contribution in [0.15, 0.2) is 44.7 Å². The van der Waals surface area contributed by atoms with E-state index in [4.69, 9.17) is 4.42 Å². The summed E-state index contributed by atoms with van der Waals surface area (Å²) in [6.07, 6.45) is 3.85. The average Bonchev–Trinajstić information content (AvgIpc) is 3.29. The largest absolute Gasteiger partial charge is 0.469 e. The van der Waals surface area contributed by atoms with Gasteiger partial charge in [0, 0.05) is 35.9 Å². The molecule has 0 spiro atoms. The maximum atomic E-state index is 13.1. The Labute approximate surface area is 157 Å². The number of aromatic amines is 2. The molecule has 0 fully saturated rings. The Morgan fingerprint density at radius 3 is 2.86 bits per heavy atom. The summed E-state index contributed by atoms with van der Waals surface area (Å²) < 4.78 is 6.62. The number of hydrogen-bond donors (Lipinski definition) is 2. The van der Waals surface area contributed by atoms with E-state index in [2.05, 4.69) is 20.1 Å². The maximum Gasteiger partial charge on any atom is 0.283 e. The molecule has 140 valence electrons. The summed E-state index contributed by atoms with van der Waals surface area (Å²) in [5.41, 5.74) is 1.12. The van der Waals surface area contributed by atoms with Crippen LogP contribution in [0.3, 0.4) is 0 Å². The molecule has 4 aromatic rings. The highest BCUT2D eigenvalue weighted by atomic mass is 16.3. The molecule has 1 aliphatic rings. The van der Waals surface area contributed by atoms with Gasteiger partial charge in [-0.25, -0.2) is 9.97 Å². The van der Waals surface area contributed by atoms with Crippen molar-refractivity contribution in [3.05, 3.63) is 73.9 Å². The van der Waals surface area contributed by atoms with E-state index >= 15 is 0 Å². The summed E-state index contributed by atoms with van der Waals surface area (Å²) in [7, 11) is 0. The van der Waals surface area contributed by atoms with Crippen molar-refractivity contribution in [1.82, 2.24) is 24.7 Å². The van der Waals surface area contributed by atoms with Crippen LogP contribution in [0.25, 0.3) is 17.0 Å². The van der Waals surface area contributed by atoms with Gasteiger partial charge in [0.15, 0.2) is 11.4 Å². The molecule has 0 amide bonds. The van der Waals surface area contributed by atoms with Crippen molar-refractivity contribution in [2.75, 3.05) is 0 Å². The zero-order valence-corrected chi connectivity index (χ0v) is 14.9. The lowest BCUT2D eigenvalue weighted by Gasteiger charge is -2.21. The van der Waals surface area contributed by atoms with Crippen LogP contribution in [0.1, 0.15) is 39.7 Å². The maximum absolute atomic E-state index is 13.1. The van der Waals surface area contributed by atoms with Crippen LogP contribution in [-0.4, -0.2) is 30.5 Å². The minimum atomic E-state index is -0.416. The first-order valence-corrected chi connectivity index (χ1v) is 8.79. The molecule has 0 saturated heterocycles. The zero-order chi connectivity index (χ0) is 19.4.